The highest BCUT2D eigenvalue weighted by atomic mass is 35.5. The van der Waals surface area contributed by atoms with Gasteiger partial charge in [-0.05, 0) is 6.42 Å². The van der Waals surface area contributed by atoms with Crippen LogP contribution in [-0.4, -0.2) is 25.3 Å². The van der Waals surface area contributed by atoms with Gasteiger partial charge in [-0.2, -0.15) is 0 Å². The van der Waals surface area contributed by atoms with Crippen molar-refractivity contribution in [3.63, 3.8) is 0 Å². The van der Waals surface area contributed by atoms with Crippen LogP contribution in [0.2, 0.25) is 0 Å². The van der Waals surface area contributed by atoms with Gasteiger partial charge in [-0.1, -0.05) is 0 Å². The summed E-state index contributed by atoms with van der Waals surface area (Å²) in [6.07, 6.45) is 1.81. The summed E-state index contributed by atoms with van der Waals surface area (Å²) in [7, 11) is 0. The lowest BCUT2D eigenvalue weighted by Gasteiger charge is -2.29. The molecule has 0 saturated carbocycles. The molecule has 0 aromatic rings. The van der Waals surface area contributed by atoms with E-state index in [2.05, 4.69) is 5.32 Å². The van der Waals surface area contributed by atoms with Crippen LogP contribution >= 0.6 is 12.4 Å². The van der Waals surface area contributed by atoms with Gasteiger partial charge in [0.05, 0.1) is 6.10 Å². The molecular formula is C5H10ClNO. The molecule has 48 valence electrons. The molecule has 2 heterocycles. The zero-order valence-corrected chi connectivity index (χ0v) is 5.41. The number of rotatable bonds is 0. The molecule has 2 saturated heterocycles. The van der Waals surface area contributed by atoms with Crippen LogP contribution in [-0.2, 0) is 4.74 Å². The Morgan fingerprint density at radius 3 is 2.62 bits per heavy atom. The third-order valence-corrected chi connectivity index (χ3v) is 1.79. The van der Waals surface area contributed by atoms with E-state index in [1.807, 2.05) is 0 Å². The summed E-state index contributed by atoms with van der Waals surface area (Å²) in [6, 6.07) is 0.722. The standard InChI is InChI=1S/C5H9NO.ClH/c1-2-7-5-3-6-4(1)5;/h4-6H,1-3H2;1H. The van der Waals surface area contributed by atoms with Crippen LogP contribution in [0, 0.1) is 0 Å². The predicted molar refractivity (Wildman–Crippen MR) is 33.4 cm³/mol. The Morgan fingerprint density at radius 1 is 1.50 bits per heavy atom. The van der Waals surface area contributed by atoms with E-state index in [-0.39, 0.29) is 12.4 Å². The van der Waals surface area contributed by atoms with Gasteiger partial charge in [-0.15, -0.1) is 12.4 Å². The highest BCUT2D eigenvalue weighted by molar-refractivity contribution is 5.85. The Hall–Kier alpha value is 0.210. The second-order valence-corrected chi connectivity index (χ2v) is 2.21. The summed E-state index contributed by atoms with van der Waals surface area (Å²) in [5.41, 5.74) is 0. The van der Waals surface area contributed by atoms with E-state index in [1.54, 1.807) is 0 Å². The first-order chi connectivity index (χ1) is 3.47. The van der Waals surface area contributed by atoms with Crippen molar-refractivity contribution in [3.05, 3.63) is 0 Å². The minimum Gasteiger partial charge on any atom is -0.375 e. The molecule has 2 atom stereocenters. The molecule has 0 aromatic heterocycles. The molecule has 0 amide bonds. The lowest BCUT2D eigenvalue weighted by molar-refractivity contribution is 0.0584. The Balaban J connectivity index is 0.000000320. The van der Waals surface area contributed by atoms with Crippen molar-refractivity contribution >= 4 is 12.4 Å². The summed E-state index contributed by atoms with van der Waals surface area (Å²) in [5, 5.41) is 3.28. The summed E-state index contributed by atoms with van der Waals surface area (Å²) in [4.78, 5) is 0. The monoisotopic (exact) mass is 135 g/mol. The molecule has 2 aliphatic heterocycles. The van der Waals surface area contributed by atoms with Gasteiger partial charge < -0.3 is 10.1 Å². The molecule has 0 aliphatic carbocycles. The fourth-order valence-electron chi connectivity index (χ4n) is 1.19. The normalized spacial score (nSPS) is 42.0. The highest BCUT2D eigenvalue weighted by Crippen LogP contribution is 2.18. The SMILES string of the molecule is C1CC2NCC2O1.Cl. The van der Waals surface area contributed by atoms with Crippen LogP contribution in [0.25, 0.3) is 0 Å². The minimum atomic E-state index is 0. The highest BCUT2D eigenvalue weighted by Gasteiger charge is 2.35. The van der Waals surface area contributed by atoms with Gasteiger partial charge in [0.1, 0.15) is 0 Å². The Labute approximate surface area is 55.0 Å². The molecule has 2 aliphatic rings. The minimum absolute atomic E-state index is 0. The zero-order valence-electron chi connectivity index (χ0n) is 4.59. The maximum Gasteiger partial charge on any atom is 0.0853 e. The first-order valence-corrected chi connectivity index (χ1v) is 2.82. The summed E-state index contributed by atoms with van der Waals surface area (Å²) < 4.78 is 5.29. The molecule has 0 bridgehead atoms. The van der Waals surface area contributed by atoms with E-state index in [0.717, 1.165) is 19.2 Å². The average molecular weight is 136 g/mol. The number of fused-ring (bicyclic) bond motifs is 1. The molecule has 2 rings (SSSR count). The van der Waals surface area contributed by atoms with Crippen molar-refractivity contribution in [1.29, 1.82) is 0 Å². The summed E-state index contributed by atoms with van der Waals surface area (Å²) in [6.45, 7) is 2.06. The van der Waals surface area contributed by atoms with Crippen molar-refractivity contribution in [2.75, 3.05) is 13.2 Å². The topological polar surface area (TPSA) is 21.3 Å². The quantitative estimate of drug-likeness (QED) is 0.511. The van der Waals surface area contributed by atoms with E-state index in [1.165, 1.54) is 6.42 Å². The van der Waals surface area contributed by atoms with Gasteiger partial charge >= 0.3 is 0 Å². The molecular weight excluding hydrogens is 126 g/mol. The number of ether oxygens (including phenoxy) is 1. The molecule has 3 heteroatoms. The third kappa shape index (κ3) is 0.729. The van der Waals surface area contributed by atoms with Crippen LogP contribution < -0.4 is 5.32 Å². The fourth-order valence-corrected chi connectivity index (χ4v) is 1.19. The van der Waals surface area contributed by atoms with Crippen molar-refractivity contribution in [1.82, 2.24) is 5.32 Å². The largest absolute Gasteiger partial charge is 0.375 e. The first kappa shape index (κ1) is 6.33. The first-order valence-electron chi connectivity index (χ1n) is 2.82. The predicted octanol–water partition coefficient (Wildman–Crippen LogP) is 0.169. The molecule has 2 nitrogen and oxygen atoms in total. The molecule has 2 fully saturated rings. The third-order valence-electron chi connectivity index (χ3n) is 1.79. The summed E-state index contributed by atoms with van der Waals surface area (Å²) >= 11 is 0. The maximum absolute atomic E-state index is 5.29. The van der Waals surface area contributed by atoms with Gasteiger partial charge in [0.15, 0.2) is 0 Å². The van der Waals surface area contributed by atoms with E-state index >= 15 is 0 Å². The smallest absolute Gasteiger partial charge is 0.0853 e. The Bertz CT molecular complexity index is 78.5. The van der Waals surface area contributed by atoms with Gasteiger partial charge in [-0.25, -0.2) is 0 Å². The summed E-state index contributed by atoms with van der Waals surface area (Å²) in [5.74, 6) is 0. The number of halogens is 1. The molecule has 1 N–H and O–H groups in total. The van der Waals surface area contributed by atoms with Crippen molar-refractivity contribution in [2.45, 2.75) is 18.6 Å². The number of hydrogen-bond acceptors (Lipinski definition) is 2. The molecule has 0 aromatic carbocycles. The van der Waals surface area contributed by atoms with Crippen LogP contribution in [0.4, 0.5) is 0 Å². The molecule has 0 radical (unpaired) electrons. The lowest BCUT2D eigenvalue weighted by atomic mass is 10.0. The molecule has 2 unspecified atom stereocenters. The Kier molecular flexibility index (Phi) is 1.75. The average Bonchev–Trinajstić information content (AvgIpc) is 1.85. The van der Waals surface area contributed by atoms with E-state index < -0.39 is 0 Å². The zero-order chi connectivity index (χ0) is 4.69. The molecule has 0 spiro atoms. The Morgan fingerprint density at radius 2 is 2.38 bits per heavy atom. The van der Waals surface area contributed by atoms with Gasteiger partial charge in [0, 0.05) is 19.2 Å². The second kappa shape index (κ2) is 2.21. The van der Waals surface area contributed by atoms with Crippen LogP contribution in [0.5, 0.6) is 0 Å². The van der Waals surface area contributed by atoms with Crippen LogP contribution in [0.15, 0.2) is 0 Å². The fraction of sp³-hybridized carbons (Fsp3) is 1.00. The second-order valence-electron chi connectivity index (χ2n) is 2.21. The van der Waals surface area contributed by atoms with Crippen molar-refractivity contribution < 1.29 is 4.74 Å². The van der Waals surface area contributed by atoms with Crippen molar-refractivity contribution in [3.8, 4) is 0 Å². The van der Waals surface area contributed by atoms with E-state index in [0.29, 0.717) is 6.10 Å². The van der Waals surface area contributed by atoms with E-state index in [4.69, 9.17) is 4.74 Å². The van der Waals surface area contributed by atoms with E-state index in [9.17, 15) is 0 Å². The van der Waals surface area contributed by atoms with Gasteiger partial charge in [-0.3, -0.25) is 0 Å². The number of nitrogens with one attached hydrogen (secondary N) is 1. The lowest BCUT2D eigenvalue weighted by Crippen LogP contribution is -2.54. The van der Waals surface area contributed by atoms with Gasteiger partial charge in [0.2, 0.25) is 0 Å². The van der Waals surface area contributed by atoms with Crippen molar-refractivity contribution in [2.24, 2.45) is 0 Å². The van der Waals surface area contributed by atoms with Crippen LogP contribution in [0.1, 0.15) is 6.42 Å². The maximum atomic E-state index is 5.29. The number of hydrogen-bond donors (Lipinski definition) is 1. The molecule has 8 heavy (non-hydrogen) atoms. The van der Waals surface area contributed by atoms with Gasteiger partial charge in [0.25, 0.3) is 0 Å². The van der Waals surface area contributed by atoms with Crippen LogP contribution in [0.3, 0.4) is 0 Å².